The molecule has 1 saturated heterocycles. The quantitative estimate of drug-likeness (QED) is 0.898. The predicted molar refractivity (Wildman–Crippen MR) is 66.7 cm³/mol. The van der Waals surface area contributed by atoms with Crippen molar-refractivity contribution in [1.82, 2.24) is 5.32 Å². The zero-order valence-corrected chi connectivity index (χ0v) is 10.9. The number of hydrogen-bond acceptors (Lipinski definition) is 3. The standard InChI is InChI=1S/C11H14FNO2S.ClH/c12-9-2-1-3-11(8-9)16(14,15)10-4-6-13-7-5-10;/h1-3,8,10,13H,4-7H2;1H. The molecule has 1 N–H and O–H groups in total. The second-order valence-corrected chi connectivity index (χ2v) is 6.18. The third-order valence-corrected chi connectivity index (χ3v) is 5.11. The van der Waals surface area contributed by atoms with Gasteiger partial charge in [-0.25, -0.2) is 12.8 Å². The summed E-state index contributed by atoms with van der Waals surface area (Å²) in [5.74, 6) is -0.505. The van der Waals surface area contributed by atoms with Crippen LogP contribution in [0.25, 0.3) is 0 Å². The van der Waals surface area contributed by atoms with Crippen LogP contribution in [0.2, 0.25) is 0 Å². The van der Waals surface area contributed by atoms with Crippen LogP contribution in [0.4, 0.5) is 4.39 Å². The molecule has 17 heavy (non-hydrogen) atoms. The number of hydrogen-bond donors (Lipinski definition) is 1. The Morgan fingerprint density at radius 3 is 2.47 bits per heavy atom. The zero-order valence-electron chi connectivity index (χ0n) is 9.23. The normalized spacial score (nSPS) is 17.5. The zero-order chi connectivity index (χ0) is 11.6. The van der Waals surface area contributed by atoms with Crippen molar-refractivity contribution >= 4 is 22.2 Å². The van der Waals surface area contributed by atoms with Crippen molar-refractivity contribution in [2.75, 3.05) is 13.1 Å². The maximum Gasteiger partial charge on any atom is 0.181 e. The molecule has 3 nitrogen and oxygen atoms in total. The van der Waals surface area contributed by atoms with Crippen LogP contribution >= 0.6 is 12.4 Å². The number of halogens is 2. The van der Waals surface area contributed by atoms with E-state index in [9.17, 15) is 12.8 Å². The first-order valence-corrected chi connectivity index (χ1v) is 6.85. The van der Waals surface area contributed by atoms with Crippen LogP contribution in [-0.2, 0) is 9.84 Å². The average molecular weight is 280 g/mol. The van der Waals surface area contributed by atoms with E-state index in [1.54, 1.807) is 0 Å². The maximum absolute atomic E-state index is 13.0. The molecule has 0 unspecified atom stereocenters. The first kappa shape index (κ1) is 14.4. The average Bonchev–Trinajstić information content (AvgIpc) is 2.30. The van der Waals surface area contributed by atoms with Gasteiger partial charge >= 0.3 is 0 Å². The topological polar surface area (TPSA) is 46.2 Å². The van der Waals surface area contributed by atoms with Gasteiger partial charge < -0.3 is 5.32 Å². The molecule has 1 fully saturated rings. The summed E-state index contributed by atoms with van der Waals surface area (Å²) in [7, 11) is -3.36. The molecule has 1 aliphatic rings. The SMILES string of the molecule is Cl.O=S(=O)(c1cccc(F)c1)C1CCNCC1. The van der Waals surface area contributed by atoms with Crippen molar-refractivity contribution in [3.05, 3.63) is 30.1 Å². The van der Waals surface area contributed by atoms with E-state index in [1.165, 1.54) is 18.2 Å². The molecule has 96 valence electrons. The lowest BCUT2D eigenvalue weighted by atomic mass is 10.2. The van der Waals surface area contributed by atoms with E-state index in [2.05, 4.69) is 5.32 Å². The van der Waals surface area contributed by atoms with Crippen LogP contribution < -0.4 is 5.32 Å². The van der Waals surface area contributed by atoms with Gasteiger partial charge in [0.25, 0.3) is 0 Å². The fraction of sp³-hybridized carbons (Fsp3) is 0.455. The Morgan fingerprint density at radius 1 is 1.24 bits per heavy atom. The van der Waals surface area contributed by atoms with E-state index >= 15 is 0 Å². The van der Waals surface area contributed by atoms with Crippen LogP contribution in [-0.4, -0.2) is 26.8 Å². The minimum Gasteiger partial charge on any atom is -0.317 e. The molecule has 2 rings (SSSR count). The largest absolute Gasteiger partial charge is 0.317 e. The molecule has 0 radical (unpaired) electrons. The molecular weight excluding hydrogens is 265 g/mol. The highest BCUT2D eigenvalue weighted by Gasteiger charge is 2.28. The minimum absolute atomic E-state index is 0. The van der Waals surface area contributed by atoms with Gasteiger partial charge in [-0.3, -0.25) is 0 Å². The summed E-state index contributed by atoms with van der Waals surface area (Å²) in [5, 5.41) is 2.73. The van der Waals surface area contributed by atoms with E-state index in [0.29, 0.717) is 25.9 Å². The lowest BCUT2D eigenvalue weighted by Gasteiger charge is -2.22. The number of rotatable bonds is 2. The maximum atomic E-state index is 13.0. The summed E-state index contributed by atoms with van der Waals surface area (Å²) in [4.78, 5) is 0.0967. The second-order valence-electron chi connectivity index (χ2n) is 3.95. The van der Waals surface area contributed by atoms with Gasteiger partial charge in [-0.05, 0) is 44.1 Å². The Balaban J connectivity index is 0.00000144. The highest BCUT2D eigenvalue weighted by molar-refractivity contribution is 7.92. The predicted octanol–water partition coefficient (Wildman–Crippen LogP) is 1.77. The summed E-state index contributed by atoms with van der Waals surface area (Å²) >= 11 is 0. The first-order valence-electron chi connectivity index (χ1n) is 5.31. The monoisotopic (exact) mass is 279 g/mol. The van der Waals surface area contributed by atoms with Gasteiger partial charge in [0, 0.05) is 0 Å². The molecule has 1 heterocycles. The van der Waals surface area contributed by atoms with Crippen molar-refractivity contribution in [2.24, 2.45) is 0 Å². The molecule has 1 aromatic rings. The molecule has 1 aromatic carbocycles. The molecule has 0 aromatic heterocycles. The van der Waals surface area contributed by atoms with E-state index in [0.717, 1.165) is 6.07 Å². The Kier molecular flexibility index (Phi) is 4.91. The molecule has 0 spiro atoms. The van der Waals surface area contributed by atoms with Crippen molar-refractivity contribution < 1.29 is 12.8 Å². The minimum atomic E-state index is -3.36. The number of piperidine rings is 1. The smallest absolute Gasteiger partial charge is 0.181 e. The van der Waals surface area contributed by atoms with E-state index in [4.69, 9.17) is 0 Å². The number of nitrogens with one attached hydrogen (secondary N) is 1. The van der Waals surface area contributed by atoms with Crippen molar-refractivity contribution in [3.8, 4) is 0 Å². The molecule has 0 bridgehead atoms. The highest BCUT2D eigenvalue weighted by atomic mass is 35.5. The van der Waals surface area contributed by atoms with Crippen molar-refractivity contribution in [2.45, 2.75) is 23.0 Å². The molecule has 0 atom stereocenters. The number of sulfone groups is 1. The van der Waals surface area contributed by atoms with E-state index in [1.807, 2.05) is 0 Å². The molecular formula is C11H15ClFNO2S. The van der Waals surface area contributed by atoms with Crippen LogP contribution in [0.15, 0.2) is 29.2 Å². The van der Waals surface area contributed by atoms with Gasteiger partial charge in [-0.2, -0.15) is 0 Å². The van der Waals surface area contributed by atoms with Crippen molar-refractivity contribution in [3.63, 3.8) is 0 Å². The lowest BCUT2D eigenvalue weighted by Crippen LogP contribution is -2.35. The van der Waals surface area contributed by atoms with E-state index < -0.39 is 15.7 Å². The molecule has 0 saturated carbocycles. The summed E-state index contributed by atoms with van der Waals surface area (Å²) in [5.41, 5.74) is 0. The summed E-state index contributed by atoms with van der Waals surface area (Å²) < 4.78 is 37.3. The third kappa shape index (κ3) is 3.18. The summed E-state index contributed by atoms with van der Waals surface area (Å²) in [6.45, 7) is 1.42. The van der Waals surface area contributed by atoms with Crippen LogP contribution in [0, 0.1) is 5.82 Å². The Hall–Kier alpha value is -0.650. The Labute approximate surface area is 107 Å². The lowest BCUT2D eigenvalue weighted by molar-refractivity contribution is 0.496. The molecule has 0 amide bonds. The van der Waals surface area contributed by atoms with Gasteiger partial charge in [-0.15, -0.1) is 12.4 Å². The second kappa shape index (κ2) is 5.80. The highest BCUT2D eigenvalue weighted by Crippen LogP contribution is 2.22. The van der Waals surface area contributed by atoms with Gasteiger partial charge in [0.1, 0.15) is 5.82 Å². The van der Waals surface area contributed by atoms with Gasteiger partial charge in [0.2, 0.25) is 0 Å². The first-order chi connectivity index (χ1) is 7.60. The van der Waals surface area contributed by atoms with Gasteiger partial charge in [0.15, 0.2) is 9.84 Å². The number of benzene rings is 1. The molecule has 1 aliphatic heterocycles. The van der Waals surface area contributed by atoms with E-state index in [-0.39, 0.29) is 22.6 Å². The van der Waals surface area contributed by atoms with Crippen LogP contribution in [0.1, 0.15) is 12.8 Å². The van der Waals surface area contributed by atoms with Crippen molar-refractivity contribution in [1.29, 1.82) is 0 Å². The summed E-state index contributed by atoms with van der Waals surface area (Å²) in [6, 6.07) is 5.24. The fourth-order valence-corrected chi connectivity index (χ4v) is 3.73. The molecule has 0 aliphatic carbocycles. The molecule has 6 heteroatoms. The Bertz CT molecular complexity index is 472. The Morgan fingerprint density at radius 2 is 1.88 bits per heavy atom. The van der Waals surface area contributed by atoms with Gasteiger partial charge in [0.05, 0.1) is 10.1 Å². The van der Waals surface area contributed by atoms with Crippen LogP contribution in [0.5, 0.6) is 0 Å². The van der Waals surface area contributed by atoms with Crippen LogP contribution in [0.3, 0.4) is 0 Å². The third-order valence-electron chi connectivity index (χ3n) is 2.85. The summed E-state index contributed by atoms with van der Waals surface area (Å²) in [6.07, 6.45) is 1.19. The van der Waals surface area contributed by atoms with Gasteiger partial charge in [-0.1, -0.05) is 6.07 Å². The fourth-order valence-electron chi connectivity index (χ4n) is 1.94.